The number of anilines is 1. The predicted octanol–water partition coefficient (Wildman–Crippen LogP) is 3.50. The number of aryl methyl sites for hydroxylation is 1. The van der Waals surface area contributed by atoms with E-state index in [4.69, 9.17) is 0 Å². The molecule has 1 unspecified atom stereocenters. The minimum Gasteiger partial charge on any atom is -0.367 e. The SMILES string of the molecule is CCC(C)Nc1nc(C(F)(F)F)nc2[nH]c(C)cc12. The Morgan fingerprint density at radius 3 is 2.63 bits per heavy atom. The molecule has 2 heterocycles. The van der Waals surface area contributed by atoms with Crippen molar-refractivity contribution in [3.05, 3.63) is 17.6 Å². The third-order valence-corrected chi connectivity index (χ3v) is 2.87. The van der Waals surface area contributed by atoms with Gasteiger partial charge in [0.1, 0.15) is 11.5 Å². The number of nitrogens with zero attached hydrogens (tertiary/aromatic N) is 2. The Morgan fingerprint density at radius 2 is 2.05 bits per heavy atom. The van der Waals surface area contributed by atoms with Gasteiger partial charge in [0.25, 0.3) is 0 Å². The molecule has 2 rings (SSSR count). The molecular weight excluding hydrogens is 257 g/mol. The van der Waals surface area contributed by atoms with Crippen LogP contribution in [0.3, 0.4) is 0 Å². The van der Waals surface area contributed by atoms with Crippen LogP contribution in [0.1, 0.15) is 31.8 Å². The fraction of sp³-hybridized carbons (Fsp3) is 0.500. The average Bonchev–Trinajstić information content (AvgIpc) is 2.68. The lowest BCUT2D eigenvalue weighted by molar-refractivity contribution is -0.144. The van der Waals surface area contributed by atoms with Crippen LogP contribution in [0, 0.1) is 6.92 Å². The zero-order valence-electron chi connectivity index (χ0n) is 10.9. The number of alkyl halides is 3. The van der Waals surface area contributed by atoms with Gasteiger partial charge in [-0.3, -0.25) is 0 Å². The summed E-state index contributed by atoms with van der Waals surface area (Å²) in [6.07, 6.45) is -3.77. The molecular formula is C12H15F3N4. The van der Waals surface area contributed by atoms with Crippen molar-refractivity contribution in [2.45, 2.75) is 39.4 Å². The third kappa shape index (κ3) is 2.80. The van der Waals surface area contributed by atoms with Crippen molar-refractivity contribution < 1.29 is 13.2 Å². The summed E-state index contributed by atoms with van der Waals surface area (Å²) in [5, 5.41) is 3.56. The maximum atomic E-state index is 12.8. The Labute approximate surface area is 108 Å². The standard InChI is InChI=1S/C12H15F3N4/c1-4-6(2)16-9-8-5-7(3)17-10(8)19-11(18-9)12(13,14)15/h5-6H,4H2,1-3H3,(H2,16,17,18,19). The van der Waals surface area contributed by atoms with Crippen LogP contribution in [0.4, 0.5) is 19.0 Å². The number of aromatic amines is 1. The first-order chi connectivity index (χ1) is 8.81. The van der Waals surface area contributed by atoms with Crippen LogP contribution in [0.5, 0.6) is 0 Å². The number of H-pyrrole nitrogens is 1. The van der Waals surface area contributed by atoms with Crippen molar-refractivity contribution in [1.82, 2.24) is 15.0 Å². The van der Waals surface area contributed by atoms with Crippen LogP contribution in [0.25, 0.3) is 11.0 Å². The van der Waals surface area contributed by atoms with Gasteiger partial charge < -0.3 is 10.3 Å². The van der Waals surface area contributed by atoms with Crippen LogP contribution >= 0.6 is 0 Å². The summed E-state index contributed by atoms with van der Waals surface area (Å²) in [7, 11) is 0. The van der Waals surface area contributed by atoms with Crippen molar-refractivity contribution in [3.8, 4) is 0 Å². The number of hydrogen-bond donors (Lipinski definition) is 2. The first-order valence-electron chi connectivity index (χ1n) is 6.02. The van der Waals surface area contributed by atoms with E-state index in [-0.39, 0.29) is 17.5 Å². The van der Waals surface area contributed by atoms with Crippen molar-refractivity contribution >= 4 is 16.9 Å². The van der Waals surface area contributed by atoms with Crippen LogP contribution in [0.15, 0.2) is 6.07 Å². The Morgan fingerprint density at radius 1 is 1.37 bits per heavy atom. The van der Waals surface area contributed by atoms with Gasteiger partial charge in [-0.15, -0.1) is 0 Å². The summed E-state index contributed by atoms with van der Waals surface area (Å²) in [5.41, 5.74) is 0.946. The lowest BCUT2D eigenvalue weighted by atomic mass is 10.2. The topological polar surface area (TPSA) is 53.6 Å². The summed E-state index contributed by atoms with van der Waals surface area (Å²) in [4.78, 5) is 9.95. The quantitative estimate of drug-likeness (QED) is 0.899. The minimum absolute atomic E-state index is 0.0365. The molecule has 1 atom stereocenters. The molecule has 0 aliphatic carbocycles. The van der Waals surface area contributed by atoms with Gasteiger partial charge in [-0.1, -0.05) is 6.92 Å². The summed E-state index contributed by atoms with van der Waals surface area (Å²) in [6, 6.07) is 1.77. The number of hydrogen-bond acceptors (Lipinski definition) is 3. The predicted molar refractivity (Wildman–Crippen MR) is 67.0 cm³/mol. The van der Waals surface area contributed by atoms with E-state index in [9.17, 15) is 13.2 Å². The summed E-state index contributed by atoms with van der Waals surface area (Å²) < 4.78 is 38.3. The highest BCUT2D eigenvalue weighted by Gasteiger charge is 2.36. The first-order valence-corrected chi connectivity index (χ1v) is 6.02. The number of rotatable bonds is 3. The second-order valence-electron chi connectivity index (χ2n) is 4.56. The largest absolute Gasteiger partial charge is 0.451 e. The molecule has 104 valence electrons. The second-order valence-corrected chi connectivity index (χ2v) is 4.56. The fourth-order valence-corrected chi connectivity index (χ4v) is 1.71. The van der Waals surface area contributed by atoms with E-state index < -0.39 is 12.0 Å². The van der Waals surface area contributed by atoms with E-state index >= 15 is 0 Å². The maximum Gasteiger partial charge on any atom is 0.451 e. The molecule has 0 saturated heterocycles. The van der Waals surface area contributed by atoms with E-state index in [1.807, 2.05) is 13.8 Å². The highest BCUT2D eigenvalue weighted by molar-refractivity contribution is 5.88. The number of aromatic nitrogens is 3. The van der Waals surface area contributed by atoms with Gasteiger partial charge in [0.2, 0.25) is 5.82 Å². The smallest absolute Gasteiger partial charge is 0.367 e. The van der Waals surface area contributed by atoms with Gasteiger partial charge >= 0.3 is 6.18 Å². The summed E-state index contributed by atoms with van der Waals surface area (Å²) >= 11 is 0. The highest BCUT2D eigenvalue weighted by atomic mass is 19.4. The number of fused-ring (bicyclic) bond motifs is 1. The lowest BCUT2D eigenvalue weighted by Gasteiger charge is -2.14. The highest BCUT2D eigenvalue weighted by Crippen LogP contribution is 2.30. The van der Waals surface area contributed by atoms with Crippen molar-refractivity contribution in [1.29, 1.82) is 0 Å². The number of nitrogens with one attached hydrogen (secondary N) is 2. The van der Waals surface area contributed by atoms with E-state index in [2.05, 4.69) is 20.3 Å². The molecule has 0 spiro atoms. The van der Waals surface area contributed by atoms with E-state index in [0.717, 1.165) is 12.1 Å². The van der Waals surface area contributed by atoms with Crippen molar-refractivity contribution in [3.63, 3.8) is 0 Å². The molecule has 0 saturated carbocycles. The second kappa shape index (κ2) is 4.71. The van der Waals surface area contributed by atoms with Crippen molar-refractivity contribution in [2.75, 3.05) is 5.32 Å². The van der Waals surface area contributed by atoms with E-state index in [0.29, 0.717) is 5.39 Å². The lowest BCUT2D eigenvalue weighted by Crippen LogP contribution is -2.18. The number of halogens is 3. The minimum atomic E-state index is -4.56. The molecule has 4 nitrogen and oxygen atoms in total. The maximum absolute atomic E-state index is 12.8. The molecule has 2 N–H and O–H groups in total. The molecule has 2 aromatic rings. The molecule has 7 heteroatoms. The van der Waals surface area contributed by atoms with Crippen LogP contribution in [-0.2, 0) is 6.18 Å². The van der Waals surface area contributed by atoms with E-state index in [1.54, 1.807) is 13.0 Å². The normalized spacial score (nSPS) is 13.8. The molecule has 0 amide bonds. The van der Waals surface area contributed by atoms with Crippen LogP contribution in [0.2, 0.25) is 0 Å². The van der Waals surface area contributed by atoms with Crippen molar-refractivity contribution in [2.24, 2.45) is 0 Å². The Hall–Kier alpha value is -1.79. The fourth-order valence-electron chi connectivity index (χ4n) is 1.71. The molecule has 2 aromatic heterocycles. The molecule has 0 aliphatic rings. The molecule has 0 aromatic carbocycles. The Balaban J connectivity index is 2.57. The van der Waals surface area contributed by atoms with Gasteiger partial charge in [-0.05, 0) is 26.3 Å². The van der Waals surface area contributed by atoms with Gasteiger partial charge in [0.15, 0.2) is 0 Å². The zero-order chi connectivity index (χ0) is 14.2. The third-order valence-electron chi connectivity index (χ3n) is 2.87. The Bertz CT molecular complexity index is 588. The molecule has 0 aliphatic heterocycles. The summed E-state index contributed by atoms with van der Waals surface area (Å²) in [5.74, 6) is -0.913. The summed E-state index contributed by atoms with van der Waals surface area (Å²) in [6.45, 7) is 5.60. The van der Waals surface area contributed by atoms with Crippen LogP contribution in [-0.4, -0.2) is 21.0 Å². The zero-order valence-corrected chi connectivity index (χ0v) is 10.9. The van der Waals surface area contributed by atoms with Gasteiger partial charge in [-0.25, -0.2) is 9.97 Å². The van der Waals surface area contributed by atoms with Gasteiger partial charge in [-0.2, -0.15) is 13.2 Å². The van der Waals surface area contributed by atoms with E-state index in [1.165, 1.54) is 0 Å². The van der Waals surface area contributed by atoms with Gasteiger partial charge in [0, 0.05) is 11.7 Å². The average molecular weight is 272 g/mol. The molecule has 0 radical (unpaired) electrons. The van der Waals surface area contributed by atoms with Gasteiger partial charge in [0.05, 0.1) is 5.39 Å². The molecule has 19 heavy (non-hydrogen) atoms. The Kier molecular flexibility index (Phi) is 3.38. The molecule has 0 fully saturated rings. The van der Waals surface area contributed by atoms with Crippen LogP contribution < -0.4 is 5.32 Å². The monoisotopic (exact) mass is 272 g/mol. The molecule has 0 bridgehead atoms. The first kappa shape index (κ1) is 13.6.